The van der Waals surface area contributed by atoms with Gasteiger partial charge in [-0.15, -0.1) is 0 Å². The van der Waals surface area contributed by atoms with Crippen LogP contribution >= 0.6 is 23.2 Å². The Morgan fingerprint density at radius 3 is 2.77 bits per heavy atom. The smallest absolute Gasteiger partial charge is 0.172 e. The minimum absolute atomic E-state index is 0.136. The Kier molecular flexibility index (Phi) is 4.41. The molecule has 1 aromatic rings. The molecule has 2 bridgehead atoms. The van der Waals surface area contributed by atoms with Crippen LogP contribution in [-0.2, 0) is 0 Å². The Labute approximate surface area is 141 Å². The van der Waals surface area contributed by atoms with E-state index in [4.69, 9.17) is 28.9 Å². The molecule has 2 heterocycles. The maximum atomic E-state index is 13.3. The zero-order valence-electron chi connectivity index (χ0n) is 12.8. The van der Waals surface area contributed by atoms with Gasteiger partial charge < -0.3 is 11.1 Å². The monoisotopic (exact) mass is 340 g/mol. The van der Waals surface area contributed by atoms with Crippen LogP contribution in [-0.4, -0.2) is 17.9 Å². The quantitative estimate of drug-likeness (QED) is 0.614. The second-order valence-electron chi connectivity index (χ2n) is 6.61. The van der Waals surface area contributed by atoms with Gasteiger partial charge in [0.1, 0.15) is 0 Å². The van der Waals surface area contributed by atoms with Crippen LogP contribution in [0.2, 0.25) is 10.0 Å². The number of benzene rings is 1. The van der Waals surface area contributed by atoms with Crippen LogP contribution in [0.15, 0.2) is 12.1 Å². The first-order valence-electron chi connectivity index (χ1n) is 8.04. The molecule has 120 valence electrons. The van der Waals surface area contributed by atoms with Gasteiger partial charge in [-0.25, -0.2) is 0 Å². The molecule has 3 rings (SSSR count). The van der Waals surface area contributed by atoms with Gasteiger partial charge in [0.2, 0.25) is 0 Å². The molecular weight excluding hydrogens is 319 g/mol. The van der Waals surface area contributed by atoms with Crippen LogP contribution in [0, 0.1) is 5.41 Å². The minimum atomic E-state index is -0.329. The average Bonchev–Trinajstić information content (AvgIpc) is 3.11. The topological polar surface area (TPSA) is 55.1 Å². The van der Waals surface area contributed by atoms with Crippen molar-refractivity contribution in [2.45, 2.75) is 57.5 Å². The van der Waals surface area contributed by atoms with E-state index in [0.29, 0.717) is 22.3 Å². The number of unbranched alkanes of at least 4 members (excludes halogenated alkanes) is 1. The van der Waals surface area contributed by atoms with Crippen molar-refractivity contribution in [3.05, 3.63) is 27.7 Å². The van der Waals surface area contributed by atoms with Gasteiger partial charge in [0, 0.05) is 17.6 Å². The van der Waals surface area contributed by atoms with E-state index in [0.717, 1.165) is 32.1 Å². The summed E-state index contributed by atoms with van der Waals surface area (Å²) in [5, 5.41) is 4.28. The van der Waals surface area contributed by atoms with Crippen molar-refractivity contribution in [3.63, 3.8) is 0 Å². The fourth-order valence-corrected chi connectivity index (χ4v) is 4.49. The molecule has 0 spiro atoms. The van der Waals surface area contributed by atoms with Gasteiger partial charge in [0.25, 0.3) is 0 Å². The first-order valence-corrected chi connectivity index (χ1v) is 8.79. The molecular formula is C17H22Cl2N2O. The summed E-state index contributed by atoms with van der Waals surface area (Å²) in [4.78, 5) is 13.3. The van der Waals surface area contributed by atoms with E-state index in [1.54, 1.807) is 12.1 Å². The van der Waals surface area contributed by atoms with E-state index >= 15 is 0 Å². The van der Waals surface area contributed by atoms with Crippen LogP contribution in [0.1, 0.15) is 55.8 Å². The van der Waals surface area contributed by atoms with E-state index in [2.05, 4.69) is 12.2 Å². The summed E-state index contributed by atoms with van der Waals surface area (Å²) in [6, 6.07) is 4.13. The molecule has 0 saturated carbocycles. The number of ketones is 1. The first-order chi connectivity index (χ1) is 10.5. The number of hydrogen-bond donors (Lipinski definition) is 2. The molecule has 3 nitrogen and oxygen atoms in total. The molecule has 2 saturated heterocycles. The van der Waals surface area contributed by atoms with E-state index < -0.39 is 0 Å². The number of Topliss-reactive ketones (excluding diaryl/α,β-unsaturated/α-hetero) is 1. The maximum absolute atomic E-state index is 13.3. The van der Waals surface area contributed by atoms with Crippen molar-refractivity contribution in [1.82, 2.24) is 5.32 Å². The van der Waals surface area contributed by atoms with Gasteiger partial charge in [-0.3, -0.25) is 4.79 Å². The van der Waals surface area contributed by atoms with Crippen molar-refractivity contribution < 1.29 is 4.79 Å². The van der Waals surface area contributed by atoms with Gasteiger partial charge >= 0.3 is 0 Å². The molecule has 1 unspecified atom stereocenters. The van der Waals surface area contributed by atoms with E-state index in [9.17, 15) is 4.79 Å². The summed E-state index contributed by atoms with van der Waals surface area (Å²) >= 11 is 12.1. The Morgan fingerprint density at radius 2 is 2.18 bits per heavy atom. The molecule has 0 aromatic heterocycles. The van der Waals surface area contributed by atoms with Gasteiger partial charge in [-0.1, -0.05) is 43.0 Å². The van der Waals surface area contributed by atoms with Crippen LogP contribution in [0.4, 0.5) is 5.69 Å². The van der Waals surface area contributed by atoms with Crippen molar-refractivity contribution in [1.29, 1.82) is 0 Å². The number of nitrogen functional groups attached to an aromatic ring is 1. The Morgan fingerprint density at radius 1 is 1.41 bits per heavy atom. The zero-order chi connectivity index (χ0) is 15.9. The van der Waals surface area contributed by atoms with Gasteiger partial charge in [-0.2, -0.15) is 0 Å². The molecule has 2 aliphatic rings. The van der Waals surface area contributed by atoms with Gasteiger partial charge in [-0.05, 0) is 37.8 Å². The van der Waals surface area contributed by atoms with Gasteiger partial charge in [0.05, 0.1) is 21.1 Å². The third-order valence-corrected chi connectivity index (χ3v) is 6.14. The summed E-state index contributed by atoms with van der Waals surface area (Å²) in [6.45, 7) is 2.16. The fourth-order valence-electron chi connectivity index (χ4n) is 4.16. The largest absolute Gasteiger partial charge is 0.397 e. The molecule has 3 atom stereocenters. The van der Waals surface area contributed by atoms with E-state index in [1.807, 2.05) is 0 Å². The lowest BCUT2D eigenvalue weighted by Gasteiger charge is -2.35. The van der Waals surface area contributed by atoms with Crippen molar-refractivity contribution in [3.8, 4) is 0 Å². The highest BCUT2D eigenvalue weighted by molar-refractivity contribution is 6.44. The number of nitrogens with two attached hydrogens (primary N) is 1. The average molecular weight is 341 g/mol. The minimum Gasteiger partial charge on any atom is -0.397 e. The molecule has 0 radical (unpaired) electrons. The fraction of sp³-hybridized carbons (Fsp3) is 0.588. The maximum Gasteiger partial charge on any atom is 0.172 e. The lowest BCUT2D eigenvalue weighted by Crippen LogP contribution is -2.42. The SMILES string of the molecule is CCCC[C@]1(C(=O)c2ccc(Cl)c(Cl)c2N)CC2CC[C@H]1N2. The number of anilines is 1. The van der Waals surface area contributed by atoms with Crippen molar-refractivity contribution >= 4 is 34.7 Å². The molecule has 22 heavy (non-hydrogen) atoms. The van der Waals surface area contributed by atoms with Crippen molar-refractivity contribution in [2.75, 3.05) is 5.73 Å². The number of nitrogens with one attached hydrogen (secondary N) is 1. The number of halogens is 2. The predicted molar refractivity (Wildman–Crippen MR) is 91.7 cm³/mol. The third-order valence-electron chi connectivity index (χ3n) is 5.32. The molecule has 3 N–H and O–H groups in total. The summed E-state index contributed by atoms with van der Waals surface area (Å²) in [7, 11) is 0. The number of rotatable bonds is 5. The molecule has 5 heteroatoms. The summed E-state index contributed by atoms with van der Waals surface area (Å²) in [5.41, 5.74) is 6.60. The third kappa shape index (κ3) is 2.44. The van der Waals surface area contributed by atoms with Crippen LogP contribution in [0.25, 0.3) is 0 Å². The number of carbonyl (C=O) groups excluding carboxylic acids is 1. The highest BCUT2D eigenvalue weighted by Crippen LogP contribution is 2.49. The second kappa shape index (κ2) is 6.03. The number of fused-ring (bicyclic) bond motifs is 2. The predicted octanol–water partition coefficient (Wildman–Crippen LogP) is 4.46. The normalized spacial score (nSPS) is 30.0. The molecule has 1 aromatic carbocycles. The van der Waals surface area contributed by atoms with Crippen LogP contribution in [0.5, 0.6) is 0 Å². The van der Waals surface area contributed by atoms with Crippen LogP contribution < -0.4 is 11.1 Å². The molecule has 2 fully saturated rings. The second-order valence-corrected chi connectivity index (χ2v) is 7.39. The number of carbonyl (C=O) groups is 1. The molecule has 0 aliphatic carbocycles. The standard InChI is InChI=1S/C17H22Cl2N2O/c1-2-3-8-17(9-10-4-7-13(17)21-10)16(22)11-5-6-12(18)14(19)15(11)20/h5-6,10,13,21H,2-4,7-9,20H2,1H3/t10?,13-,17+/m1/s1. The van der Waals surface area contributed by atoms with Crippen LogP contribution in [0.3, 0.4) is 0 Å². The summed E-state index contributed by atoms with van der Waals surface area (Å²) in [5.74, 6) is 0.136. The van der Waals surface area contributed by atoms with E-state index in [1.165, 1.54) is 6.42 Å². The Hall–Kier alpha value is -0.770. The van der Waals surface area contributed by atoms with Crippen molar-refractivity contribution in [2.24, 2.45) is 5.41 Å². The zero-order valence-corrected chi connectivity index (χ0v) is 14.3. The molecule has 0 amide bonds. The lowest BCUT2D eigenvalue weighted by atomic mass is 9.66. The number of hydrogen-bond acceptors (Lipinski definition) is 3. The highest BCUT2D eigenvalue weighted by atomic mass is 35.5. The van der Waals surface area contributed by atoms with Gasteiger partial charge in [0.15, 0.2) is 5.78 Å². The Bertz CT molecular complexity index is 605. The highest BCUT2D eigenvalue weighted by Gasteiger charge is 2.55. The lowest BCUT2D eigenvalue weighted by molar-refractivity contribution is 0.0718. The molecule has 2 aliphatic heterocycles. The summed E-state index contributed by atoms with van der Waals surface area (Å²) in [6.07, 6.45) is 6.21. The summed E-state index contributed by atoms with van der Waals surface area (Å²) < 4.78 is 0. The Balaban J connectivity index is 1.99. The van der Waals surface area contributed by atoms with E-state index in [-0.39, 0.29) is 22.3 Å². The first kappa shape index (κ1) is 16.1.